The maximum absolute atomic E-state index is 9.74. The van der Waals surface area contributed by atoms with E-state index in [4.69, 9.17) is 0 Å². The first-order valence-electron chi connectivity index (χ1n) is 6.16. The van der Waals surface area contributed by atoms with Gasteiger partial charge in [0.1, 0.15) is 5.75 Å². The van der Waals surface area contributed by atoms with Crippen LogP contribution in [0.5, 0.6) is 5.75 Å². The molecule has 1 unspecified atom stereocenters. The third-order valence-electron chi connectivity index (χ3n) is 4.67. The van der Waals surface area contributed by atoms with Gasteiger partial charge in [0.25, 0.3) is 0 Å². The summed E-state index contributed by atoms with van der Waals surface area (Å²) in [5.74, 6) is 0.402. The Labute approximate surface area is 98.5 Å². The number of hydrogen-bond acceptors (Lipinski definition) is 1. The summed E-state index contributed by atoms with van der Waals surface area (Å²) in [6.45, 7) is 9.08. The summed E-state index contributed by atoms with van der Waals surface area (Å²) in [7, 11) is 0. The fourth-order valence-electron chi connectivity index (χ4n) is 3.11. The molecule has 0 bridgehead atoms. The zero-order valence-corrected chi connectivity index (χ0v) is 10.8. The van der Waals surface area contributed by atoms with Gasteiger partial charge in [-0.25, -0.2) is 0 Å². The van der Waals surface area contributed by atoms with Gasteiger partial charge in [-0.15, -0.1) is 0 Å². The summed E-state index contributed by atoms with van der Waals surface area (Å²) in [5.41, 5.74) is 2.98. The van der Waals surface area contributed by atoms with Gasteiger partial charge in [-0.2, -0.15) is 0 Å². The van der Waals surface area contributed by atoms with Crippen molar-refractivity contribution in [2.45, 2.75) is 52.4 Å². The van der Waals surface area contributed by atoms with Crippen LogP contribution >= 0.6 is 0 Å². The van der Waals surface area contributed by atoms with E-state index in [1.54, 1.807) is 0 Å². The van der Waals surface area contributed by atoms with Crippen molar-refractivity contribution < 1.29 is 5.11 Å². The second-order valence-electron chi connectivity index (χ2n) is 6.13. The lowest BCUT2D eigenvalue weighted by atomic mass is 9.65. The molecule has 1 fully saturated rings. The molecule has 1 N–H and O–H groups in total. The highest BCUT2D eigenvalue weighted by Gasteiger charge is 2.46. The van der Waals surface area contributed by atoms with Gasteiger partial charge in [-0.05, 0) is 53.9 Å². The predicted octanol–water partition coefficient (Wildman–Crippen LogP) is 4.17. The molecule has 16 heavy (non-hydrogen) atoms. The van der Waals surface area contributed by atoms with Crippen molar-refractivity contribution in [2.75, 3.05) is 0 Å². The Morgan fingerprint density at radius 1 is 1.06 bits per heavy atom. The monoisotopic (exact) mass is 218 g/mol. The molecule has 0 aromatic heterocycles. The Balaban J connectivity index is 2.50. The Bertz CT molecular complexity index is 386. The molecule has 0 heterocycles. The van der Waals surface area contributed by atoms with Crippen LogP contribution in [-0.2, 0) is 5.41 Å². The Morgan fingerprint density at radius 2 is 1.75 bits per heavy atom. The molecule has 1 aliphatic carbocycles. The minimum Gasteiger partial charge on any atom is -0.508 e. The van der Waals surface area contributed by atoms with Crippen LogP contribution in [0.15, 0.2) is 18.2 Å². The van der Waals surface area contributed by atoms with Crippen LogP contribution < -0.4 is 0 Å². The second kappa shape index (κ2) is 3.51. The fraction of sp³-hybridized carbons (Fsp3) is 0.600. The number of aromatic hydroxyl groups is 1. The molecule has 0 radical (unpaired) electrons. The lowest BCUT2D eigenvalue weighted by Gasteiger charge is -2.39. The molecule has 0 spiro atoms. The SMILES string of the molecule is Cc1cc(O)cc(C2(C)CCCC2(C)C)c1. The van der Waals surface area contributed by atoms with Gasteiger partial charge in [0, 0.05) is 0 Å². The van der Waals surface area contributed by atoms with Crippen LogP contribution in [0.3, 0.4) is 0 Å². The average Bonchev–Trinajstić information content (AvgIpc) is 2.41. The van der Waals surface area contributed by atoms with E-state index < -0.39 is 0 Å². The highest BCUT2D eigenvalue weighted by molar-refractivity contribution is 5.39. The summed E-state index contributed by atoms with van der Waals surface area (Å²) in [5, 5.41) is 9.74. The third-order valence-corrected chi connectivity index (χ3v) is 4.67. The standard InChI is InChI=1S/C15H22O/c1-11-8-12(10-13(16)9-11)15(4)7-5-6-14(15,2)3/h8-10,16H,5-7H2,1-4H3. The molecule has 1 aliphatic rings. The topological polar surface area (TPSA) is 20.2 Å². The number of phenols is 1. The lowest BCUT2D eigenvalue weighted by Crippen LogP contribution is -2.33. The van der Waals surface area contributed by atoms with Crippen LogP contribution in [0, 0.1) is 12.3 Å². The Morgan fingerprint density at radius 3 is 2.25 bits per heavy atom. The molecule has 88 valence electrons. The molecule has 1 heteroatoms. The molecule has 1 atom stereocenters. The van der Waals surface area contributed by atoms with Gasteiger partial charge in [0.15, 0.2) is 0 Å². The largest absolute Gasteiger partial charge is 0.508 e. The van der Waals surface area contributed by atoms with E-state index in [0.717, 1.165) is 5.56 Å². The summed E-state index contributed by atoms with van der Waals surface area (Å²) in [4.78, 5) is 0. The number of rotatable bonds is 1. The van der Waals surface area contributed by atoms with Crippen LogP contribution in [-0.4, -0.2) is 5.11 Å². The highest BCUT2D eigenvalue weighted by atomic mass is 16.3. The molecule has 1 aromatic rings. The molecular formula is C15H22O. The number of aryl methyl sites for hydroxylation is 1. The first kappa shape index (κ1) is 11.5. The molecule has 1 saturated carbocycles. The van der Waals surface area contributed by atoms with E-state index in [9.17, 15) is 5.11 Å². The minimum absolute atomic E-state index is 0.205. The van der Waals surface area contributed by atoms with Gasteiger partial charge in [-0.3, -0.25) is 0 Å². The van der Waals surface area contributed by atoms with Gasteiger partial charge < -0.3 is 5.11 Å². The third kappa shape index (κ3) is 1.63. The average molecular weight is 218 g/mol. The summed E-state index contributed by atoms with van der Waals surface area (Å²) in [6.07, 6.45) is 3.79. The van der Waals surface area contributed by atoms with Crippen molar-refractivity contribution in [1.82, 2.24) is 0 Å². The lowest BCUT2D eigenvalue weighted by molar-refractivity contribution is 0.224. The van der Waals surface area contributed by atoms with Crippen molar-refractivity contribution in [3.05, 3.63) is 29.3 Å². The summed E-state index contributed by atoms with van der Waals surface area (Å²) < 4.78 is 0. The molecular weight excluding hydrogens is 196 g/mol. The molecule has 0 aliphatic heterocycles. The van der Waals surface area contributed by atoms with E-state index in [0.29, 0.717) is 11.2 Å². The maximum Gasteiger partial charge on any atom is 0.116 e. The minimum atomic E-state index is 0.205. The fourth-order valence-corrected chi connectivity index (χ4v) is 3.11. The predicted molar refractivity (Wildman–Crippen MR) is 67.8 cm³/mol. The van der Waals surface area contributed by atoms with E-state index in [1.807, 2.05) is 12.1 Å². The summed E-state index contributed by atoms with van der Waals surface area (Å²) >= 11 is 0. The van der Waals surface area contributed by atoms with Gasteiger partial charge >= 0.3 is 0 Å². The van der Waals surface area contributed by atoms with E-state index >= 15 is 0 Å². The molecule has 2 rings (SSSR count). The van der Waals surface area contributed by atoms with Crippen molar-refractivity contribution >= 4 is 0 Å². The second-order valence-corrected chi connectivity index (χ2v) is 6.13. The van der Waals surface area contributed by atoms with E-state index in [-0.39, 0.29) is 5.41 Å². The molecule has 1 nitrogen and oxygen atoms in total. The molecule has 0 saturated heterocycles. The number of hydrogen-bond donors (Lipinski definition) is 1. The Hall–Kier alpha value is -0.980. The van der Waals surface area contributed by atoms with Crippen LogP contribution in [0.25, 0.3) is 0 Å². The van der Waals surface area contributed by atoms with Crippen LogP contribution in [0.1, 0.15) is 51.2 Å². The molecule has 1 aromatic carbocycles. The molecule has 0 amide bonds. The van der Waals surface area contributed by atoms with Crippen molar-refractivity contribution in [3.8, 4) is 5.75 Å². The number of benzene rings is 1. The van der Waals surface area contributed by atoms with Crippen molar-refractivity contribution in [2.24, 2.45) is 5.41 Å². The van der Waals surface area contributed by atoms with Crippen molar-refractivity contribution in [3.63, 3.8) is 0 Å². The highest BCUT2D eigenvalue weighted by Crippen LogP contribution is 2.54. The van der Waals surface area contributed by atoms with E-state index in [1.165, 1.54) is 24.8 Å². The van der Waals surface area contributed by atoms with Gasteiger partial charge in [0.2, 0.25) is 0 Å². The van der Waals surface area contributed by atoms with Crippen LogP contribution in [0.4, 0.5) is 0 Å². The van der Waals surface area contributed by atoms with Crippen LogP contribution in [0.2, 0.25) is 0 Å². The zero-order valence-electron chi connectivity index (χ0n) is 10.8. The van der Waals surface area contributed by atoms with Gasteiger partial charge in [0.05, 0.1) is 0 Å². The first-order valence-corrected chi connectivity index (χ1v) is 6.16. The number of phenolic OH excluding ortho intramolecular Hbond substituents is 1. The van der Waals surface area contributed by atoms with Crippen molar-refractivity contribution in [1.29, 1.82) is 0 Å². The quantitative estimate of drug-likeness (QED) is 0.750. The zero-order chi connectivity index (χ0) is 12.0. The Kier molecular flexibility index (Phi) is 2.52. The maximum atomic E-state index is 9.74. The first-order chi connectivity index (χ1) is 7.35. The summed E-state index contributed by atoms with van der Waals surface area (Å²) in [6, 6.07) is 6.00. The smallest absolute Gasteiger partial charge is 0.116 e. The normalized spacial score (nSPS) is 28.2. The van der Waals surface area contributed by atoms with E-state index in [2.05, 4.69) is 33.8 Å². The van der Waals surface area contributed by atoms with Gasteiger partial charge in [-0.1, -0.05) is 33.3 Å².